The van der Waals surface area contributed by atoms with Gasteiger partial charge in [-0.1, -0.05) is 57.2 Å². The van der Waals surface area contributed by atoms with E-state index in [2.05, 4.69) is 23.1 Å². The molecule has 2 amide bonds. The van der Waals surface area contributed by atoms with Crippen molar-refractivity contribution in [1.82, 2.24) is 9.80 Å². The number of carbonyl (C=O) groups is 2. The minimum atomic E-state index is -0.341. The first-order chi connectivity index (χ1) is 16.3. The van der Waals surface area contributed by atoms with Crippen molar-refractivity contribution in [2.45, 2.75) is 52.2 Å². The lowest BCUT2D eigenvalue weighted by Crippen LogP contribution is -2.51. The Balaban J connectivity index is 1.27. The summed E-state index contributed by atoms with van der Waals surface area (Å²) >= 11 is 0. The van der Waals surface area contributed by atoms with Gasteiger partial charge >= 0.3 is 6.09 Å². The molecule has 2 saturated heterocycles. The second-order valence-electron chi connectivity index (χ2n) is 10.8. The Morgan fingerprint density at radius 2 is 1.68 bits per heavy atom. The van der Waals surface area contributed by atoms with Gasteiger partial charge in [0.15, 0.2) is 0 Å². The van der Waals surface area contributed by atoms with E-state index < -0.39 is 0 Å². The zero-order valence-corrected chi connectivity index (χ0v) is 20.5. The number of likely N-dealkylation sites (tertiary alicyclic amines) is 1. The number of rotatable bonds is 3. The second-order valence-corrected chi connectivity index (χ2v) is 10.8. The number of ether oxygens (including phenoxy) is 1. The standard InChI is InChI=1S/C28H35N3O3/c1-28(2,3)26(32)30-15-13-29(14-16-30)22-9-10-23-21-11-12-31(25(17-21)24(23)18-22)27(33)34-19-20-7-5-4-6-8-20/h4-10,18,21,25H,11-17,19H2,1-3H3. The largest absolute Gasteiger partial charge is 0.445 e. The number of carbonyl (C=O) groups excluding carboxylic acids is 2. The number of piperidine rings is 1. The minimum absolute atomic E-state index is 0.0840. The van der Waals surface area contributed by atoms with E-state index in [4.69, 9.17) is 4.74 Å². The Morgan fingerprint density at radius 3 is 2.38 bits per heavy atom. The van der Waals surface area contributed by atoms with Gasteiger partial charge in [0.1, 0.15) is 6.61 Å². The number of nitrogens with zero attached hydrogens (tertiary/aromatic N) is 3. The van der Waals surface area contributed by atoms with Crippen LogP contribution >= 0.6 is 0 Å². The molecule has 34 heavy (non-hydrogen) atoms. The van der Waals surface area contributed by atoms with Crippen LogP contribution in [-0.2, 0) is 16.1 Å². The van der Waals surface area contributed by atoms with Gasteiger partial charge in [-0.3, -0.25) is 4.79 Å². The first kappa shape index (κ1) is 22.8. The maximum Gasteiger partial charge on any atom is 0.410 e. The molecule has 2 aromatic rings. The third-order valence-electron chi connectivity index (χ3n) is 7.48. The topological polar surface area (TPSA) is 53.1 Å². The molecule has 0 radical (unpaired) electrons. The molecule has 180 valence electrons. The van der Waals surface area contributed by atoms with Crippen molar-refractivity contribution in [2.24, 2.45) is 5.41 Å². The maximum atomic E-state index is 13.0. The summed E-state index contributed by atoms with van der Waals surface area (Å²) in [6.45, 7) is 10.1. The summed E-state index contributed by atoms with van der Waals surface area (Å²) in [5.41, 5.74) is 4.50. The van der Waals surface area contributed by atoms with Crippen molar-refractivity contribution in [2.75, 3.05) is 37.6 Å². The van der Waals surface area contributed by atoms with Crippen LogP contribution in [0.3, 0.4) is 0 Å². The summed E-state index contributed by atoms with van der Waals surface area (Å²) in [7, 11) is 0. The van der Waals surface area contributed by atoms with Gasteiger partial charge in [-0.05, 0) is 47.6 Å². The minimum Gasteiger partial charge on any atom is -0.445 e. The number of fused-ring (bicyclic) bond motifs is 5. The fraction of sp³-hybridized carbons (Fsp3) is 0.500. The van der Waals surface area contributed by atoms with Gasteiger partial charge in [0.05, 0.1) is 6.04 Å². The summed E-state index contributed by atoms with van der Waals surface area (Å²) in [6, 6.07) is 16.7. The Hall–Kier alpha value is -3.02. The van der Waals surface area contributed by atoms with E-state index in [-0.39, 0.29) is 23.5 Å². The van der Waals surface area contributed by atoms with E-state index in [1.165, 1.54) is 16.8 Å². The number of amides is 2. The summed E-state index contributed by atoms with van der Waals surface area (Å²) in [5.74, 6) is 0.744. The molecular weight excluding hydrogens is 426 g/mol. The summed E-state index contributed by atoms with van der Waals surface area (Å²) < 4.78 is 5.68. The number of anilines is 1. The van der Waals surface area contributed by atoms with Crippen molar-refractivity contribution in [1.29, 1.82) is 0 Å². The Bertz CT molecular complexity index is 1050. The van der Waals surface area contributed by atoms with Gasteiger partial charge in [0.25, 0.3) is 0 Å². The van der Waals surface area contributed by atoms with E-state index in [1.807, 2.05) is 60.9 Å². The highest BCUT2D eigenvalue weighted by Crippen LogP contribution is 2.50. The summed E-state index contributed by atoms with van der Waals surface area (Å²) in [4.78, 5) is 31.9. The van der Waals surface area contributed by atoms with E-state index in [0.717, 1.165) is 51.1 Å². The average Bonchev–Trinajstić information content (AvgIpc) is 3.13. The zero-order chi connectivity index (χ0) is 23.9. The van der Waals surface area contributed by atoms with E-state index in [9.17, 15) is 9.59 Å². The molecule has 2 heterocycles. The van der Waals surface area contributed by atoms with Crippen molar-refractivity contribution in [3.8, 4) is 0 Å². The molecule has 2 fully saturated rings. The van der Waals surface area contributed by atoms with E-state index >= 15 is 0 Å². The average molecular weight is 462 g/mol. The highest BCUT2D eigenvalue weighted by Gasteiger charge is 2.42. The molecule has 1 aliphatic carbocycles. The zero-order valence-electron chi connectivity index (χ0n) is 20.5. The van der Waals surface area contributed by atoms with E-state index in [1.54, 1.807) is 0 Å². The van der Waals surface area contributed by atoms with Crippen LogP contribution in [0.15, 0.2) is 48.5 Å². The van der Waals surface area contributed by atoms with Gasteiger partial charge < -0.3 is 19.4 Å². The summed E-state index contributed by atoms with van der Waals surface area (Å²) in [6.07, 6.45) is 1.74. The Labute approximate surface area is 202 Å². The predicted molar refractivity (Wildman–Crippen MR) is 133 cm³/mol. The third kappa shape index (κ3) is 4.38. The lowest BCUT2D eigenvalue weighted by Gasteiger charge is -2.39. The van der Waals surface area contributed by atoms with E-state index in [0.29, 0.717) is 12.5 Å². The molecule has 2 unspecified atom stereocenters. The fourth-order valence-corrected chi connectivity index (χ4v) is 5.62. The molecule has 6 heteroatoms. The van der Waals surface area contributed by atoms with Gasteiger partial charge in [0, 0.05) is 43.8 Å². The van der Waals surface area contributed by atoms with Gasteiger partial charge in [-0.2, -0.15) is 0 Å². The molecule has 6 nitrogen and oxygen atoms in total. The highest BCUT2D eigenvalue weighted by atomic mass is 16.6. The van der Waals surface area contributed by atoms with Crippen molar-refractivity contribution >= 4 is 17.7 Å². The molecule has 2 bridgehead atoms. The lowest BCUT2D eigenvalue weighted by atomic mass is 9.94. The maximum absolute atomic E-state index is 13.0. The van der Waals surface area contributed by atoms with Crippen LogP contribution in [-0.4, -0.2) is 54.5 Å². The van der Waals surface area contributed by atoms with Crippen LogP contribution in [0.2, 0.25) is 0 Å². The molecule has 2 aromatic carbocycles. The monoisotopic (exact) mass is 461 g/mol. The van der Waals surface area contributed by atoms with Crippen molar-refractivity contribution in [3.05, 3.63) is 65.2 Å². The molecule has 0 N–H and O–H groups in total. The second kappa shape index (κ2) is 8.97. The Kier molecular flexibility index (Phi) is 6.00. The molecule has 3 aliphatic rings. The van der Waals surface area contributed by atoms with Crippen LogP contribution in [0.1, 0.15) is 62.3 Å². The SMILES string of the molecule is CC(C)(C)C(=O)N1CCN(c2ccc3c(c2)C2CC3CCN2C(=O)OCc2ccccc2)CC1. The number of hydrogen-bond donors (Lipinski definition) is 0. The lowest BCUT2D eigenvalue weighted by molar-refractivity contribution is -0.139. The normalized spacial score (nSPS) is 21.9. The smallest absolute Gasteiger partial charge is 0.410 e. The molecule has 2 aliphatic heterocycles. The molecule has 5 rings (SSSR count). The predicted octanol–water partition coefficient (Wildman–Crippen LogP) is 4.95. The van der Waals surface area contributed by atoms with Gasteiger partial charge in [0.2, 0.25) is 5.91 Å². The fourth-order valence-electron chi connectivity index (χ4n) is 5.62. The first-order valence-electron chi connectivity index (χ1n) is 12.5. The highest BCUT2D eigenvalue weighted by molar-refractivity contribution is 5.81. The van der Waals surface area contributed by atoms with Crippen LogP contribution in [0.5, 0.6) is 0 Å². The third-order valence-corrected chi connectivity index (χ3v) is 7.48. The van der Waals surface area contributed by atoms with Crippen LogP contribution in [0, 0.1) is 5.41 Å². The Morgan fingerprint density at radius 1 is 0.941 bits per heavy atom. The van der Waals surface area contributed by atoms with Gasteiger partial charge in [-0.25, -0.2) is 4.79 Å². The van der Waals surface area contributed by atoms with Gasteiger partial charge in [-0.15, -0.1) is 0 Å². The van der Waals surface area contributed by atoms with Crippen molar-refractivity contribution in [3.63, 3.8) is 0 Å². The molecule has 0 saturated carbocycles. The molecule has 0 spiro atoms. The number of piperazine rings is 1. The molecular formula is C28H35N3O3. The van der Waals surface area contributed by atoms with Crippen LogP contribution in [0.4, 0.5) is 10.5 Å². The molecule has 0 aromatic heterocycles. The van der Waals surface area contributed by atoms with Crippen LogP contribution in [0.25, 0.3) is 0 Å². The molecule has 2 atom stereocenters. The quantitative estimate of drug-likeness (QED) is 0.649. The number of hydrogen-bond acceptors (Lipinski definition) is 4. The first-order valence-corrected chi connectivity index (χ1v) is 12.5. The van der Waals surface area contributed by atoms with Crippen molar-refractivity contribution < 1.29 is 14.3 Å². The summed E-state index contributed by atoms with van der Waals surface area (Å²) in [5, 5.41) is 0. The van der Waals surface area contributed by atoms with Crippen LogP contribution < -0.4 is 4.90 Å². The number of benzene rings is 2.